The average Bonchev–Trinajstić information content (AvgIpc) is 3.37. The maximum Gasteiger partial charge on any atom is 0.160 e. The van der Waals surface area contributed by atoms with Gasteiger partial charge < -0.3 is 0 Å². The summed E-state index contributed by atoms with van der Waals surface area (Å²) in [6.07, 6.45) is 0. The first-order valence-corrected chi connectivity index (χ1v) is 20.9. The number of fused-ring (bicyclic) bond motifs is 3. The monoisotopic (exact) mass is 790 g/mol. The van der Waals surface area contributed by atoms with E-state index in [2.05, 4.69) is 188 Å². The zero-order valence-electron chi connectivity index (χ0n) is 33.7. The van der Waals surface area contributed by atoms with Crippen LogP contribution in [0.2, 0.25) is 0 Å². The summed E-state index contributed by atoms with van der Waals surface area (Å²) in [6, 6.07) is 80.4. The summed E-state index contributed by atoms with van der Waals surface area (Å²) in [7, 11) is 0. The van der Waals surface area contributed by atoms with Crippen LogP contribution in [-0.2, 0) is 0 Å². The van der Waals surface area contributed by atoms with Crippen LogP contribution >= 0.6 is 0 Å². The normalized spacial score (nSPS) is 11.2. The summed E-state index contributed by atoms with van der Waals surface area (Å²) >= 11 is 0. The lowest BCUT2D eigenvalue weighted by molar-refractivity contribution is 1.18. The molecule has 0 atom stereocenters. The van der Waals surface area contributed by atoms with E-state index in [4.69, 9.17) is 19.9 Å². The highest BCUT2D eigenvalue weighted by atomic mass is 14.9. The van der Waals surface area contributed by atoms with Gasteiger partial charge in [-0.05, 0) is 57.6 Å². The van der Waals surface area contributed by atoms with Crippen molar-refractivity contribution in [2.75, 3.05) is 0 Å². The molecule has 0 saturated carbocycles. The topological polar surface area (TPSA) is 51.6 Å². The summed E-state index contributed by atoms with van der Waals surface area (Å²) in [5.74, 6) is 0.693. The Morgan fingerprint density at radius 3 is 1.27 bits per heavy atom. The molecule has 4 nitrogen and oxygen atoms in total. The van der Waals surface area contributed by atoms with Crippen LogP contribution in [0, 0.1) is 0 Å². The van der Waals surface area contributed by atoms with Crippen molar-refractivity contribution >= 4 is 21.8 Å². The fourth-order valence-corrected chi connectivity index (χ4v) is 8.26. The van der Waals surface area contributed by atoms with Gasteiger partial charge in [-0.15, -0.1) is 0 Å². The van der Waals surface area contributed by atoms with E-state index in [1.807, 2.05) is 42.5 Å². The Morgan fingerprint density at radius 2 is 0.661 bits per heavy atom. The molecule has 11 rings (SSSR count). The highest BCUT2D eigenvalue weighted by molar-refractivity contribution is 6.09. The number of nitrogens with zero attached hydrogens (tertiary/aromatic N) is 4. The Labute approximate surface area is 360 Å². The SMILES string of the molecule is c1ccc(-c2cccc(-c3ccc4ccc5c(-c6ccccc6)cc(-c6ccc(-c7ccc(-c8nc(-c9ccccc9)cc(-c9ccccc9)n8)cc7)cc6)nc5c4n3)c2)cc1. The Kier molecular flexibility index (Phi) is 9.49. The zero-order valence-corrected chi connectivity index (χ0v) is 33.7. The molecule has 3 aromatic heterocycles. The molecule has 290 valence electrons. The van der Waals surface area contributed by atoms with E-state index >= 15 is 0 Å². The van der Waals surface area contributed by atoms with E-state index in [1.165, 1.54) is 5.56 Å². The molecule has 62 heavy (non-hydrogen) atoms. The van der Waals surface area contributed by atoms with Gasteiger partial charge in [-0.1, -0.05) is 206 Å². The third kappa shape index (κ3) is 7.20. The second-order valence-corrected chi connectivity index (χ2v) is 15.4. The summed E-state index contributed by atoms with van der Waals surface area (Å²) in [6.45, 7) is 0. The van der Waals surface area contributed by atoms with Crippen LogP contribution in [0.3, 0.4) is 0 Å². The van der Waals surface area contributed by atoms with Crippen molar-refractivity contribution in [3.63, 3.8) is 0 Å². The lowest BCUT2D eigenvalue weighted by Crippen LogP contribution is -1.96. The van der Waals surface area contributed by atoms with E-state index in [0.717, 1.165) is 100 Å². The van der Waals surface area contributed by atoms with Gasteiger partial charge >= 0.3 is 0 Å². The van der Waals surface area contributed by atoms with Crippen molar-refractivity contribution in [3.05, 3.63) is 231 Å². The summed E-state index contributed by atoms with van der Waals surface area (Å²) in [4.78, 5) is 20.8. The summed E-state index contributed by atoms with van der Waals surface area (Å²) in [5.41, 5.74) is 17.4. The van der Waals surface area contributed by atoms with Crippen LogP contribution in [0.4, 0.5) is 0 Å². The maximum atomic E-state index is 5.39. The van der Waals surface area contributed by atoms with Crippen LogP contribution in [0.15, 0.2) is 231 Å². The zero-order chi connectivity index (χ0) is 41.2. The van der Waals surface area contributed by atoms with Gasteiger partial charge in [-0.3, -0.25) is 0 Å². The van der Waals surface area contributed by atoms with Crippen LogP contribution in [0.25, 0.3) is 112 Å². The Bertz CT molecular complexity index is 3290. The van der Waals surface area contributed by atoms with E-state index in [1.54, 1.807) is 0 Å². The highest BCUT2D eigenvalue weighted by Crippen LogP contribution is 2.37. The lowest BCUT2D eigenvalue weighted by Gasteiger charge is -2.13. The standard InChI is InChI=1S/C58H38N4/c1-5-14-39(15-6-1)48-22-13-23-49(36-48)52-35-33-46-32-34-50-51(42-16-7-2-8-17-42)37-53(60-57(50)56(46)59-52)45-28-24-40(25-29-45)41-26-30-47(31-27-41)58-61-54(43-18-9-3-10-19-43)38-55(62-58)44-20-11-4-12-21-44/h1-38H. The number of aromatic nitrogens is 4. The summed E-state index contributed by atoms with van der Waals surface area (Å²) in [5, 5.41) is 2.12. The number of benzene rings is 8. The number of hydrogen-bond acceptors (Lipinski definition) is 4. The molecule has 0 amide bonds. The van der Waals surface area contributed by atoms with E-state index in [-0.39, 0.29) is 0 Å². The predicted octanol–water partition coefficient (Wildman–Crippen LogP) is 14.9. The maximum absolute atomic E-state index is 5.39. The molecule has 4 heteroatoms. The number of hydrogen-bond donors (Lipinski definition) is 0. The fourth-order valence-electron chi connectivity index (χ4n) is 8.26. The molecule has 8 aromatic carbocycles. The molecule has 0 fully saturated rings. The minimum atomic E-state index is 0.693. The smallest absolute Gasteiger partial charge is 0.160 e. The van der Waals surface area contributed by atoms with Gasteiger partial charge in [0, 0.05) is 38.6 Å². The molecule has 0 bridgehead atoms. The van der Waals surface area contributed by atoms with Crippen LogP contribution in [-0.4, -0.2) is 19.9 Å². The van der Waals surface area contributed by atoms with E-state index < -0.39 is 0 Å². The average molecular weight is 791 g/mol. The van der Waals surface area contributed by atoms with E-state index in [9.17, 15) is 0 Å². The number of pyridine rings is 2. The largest absolute Gasteiger partial charge is 0.245 e. The fraction of sp³-hybridized carbons (Fsp3) is 0. The lowest BCUT2D eigenvalue weighted by atomic mass is 9.96. The Morgan fingerprint density at radius 1 is 0.226 bits per heavy atom. The second-order valence-electron chi connectivity index (χ2n) is 15.4. The third-order valence-corrected chi connectivity index (χ3v) is 11.5. The molecular formula is C58H38N4. The van der Waals surface area contributed by atoms with Gasteiger partial charge in [-0.2, -0.15) is 0 Å². The minimum absolute atomic E-state index is 0.693. The van der Waals surface area contributed by atoms with Crippen molar-refractivity contribution in [1.82, 2.24) is 19.9 Å². The van der Waals surface area contributed by atoms with Gasteiger partial charge in [0.05, 0.1) is 33.8 Å². The molecular weight excluding hydrogens is 753 g/mol. The van der Waals surface area contributed by atoms with Gasteiger partial charge in [0.2, 0.25) is 0 Å². The van der Waals surface area contributed by atoms with Crippen LogP contribution in [0.1, 0.15) is 0 Å². The molecule has 3 heterocycles. The number of rotatable bonds is 8. The molecule has 0 N–H and O–H groups in total. The van der Waals surface area contributed by atoms with Crippen molar-refractivity contribution in [1.29, 1.82) is 0 Å². The highest BCUT2D eigenvalue weighted by Gasteiger charge is 2.16. The first kappa shape index (κ1) is 36.7. The summed E-state index contributed by atoms with van der Waals surface area (Å²) < 4.78 is 0. The molecule has 0 aliphatic rings. The molecule has 0 spiro atoms. The third-order valence-electron chi connectivity index (χ3n) is 11.5. The van der Waals surface area contributed by atoms with Gasteiger partial charge in [0.25, 0.3) is 0 Å². The van der Waals surface area contributed by atoms with Gasteiger partial charge in [-0.25, -0.2) is 19.9 Å². The van der Waals surface area contributed by atoms with Crippen molar-refractivity contribution in [2.45, 2.75) is 0 Å². The van der Waals surface area contributed by atoms with Crippen LogP contribution < -0.4 is 0 Å². The first-order valence-electron chi connectivity index (χ1n) is 20.9. The Hall–Kier alpha value is -8.34. The van der Waals surface area contributed by atoms with Crippen molar-refractivity contribution in [3.8, 4) is 89.8 Å². The van der Waals surface area contributed by atoms with E-state index in [0.29, 0.717) is 5.82 Å². The van der Waals surface area contributed by atoms with Gasteiger partial charge in [0.15, 0.2) is 5.82 Å². The quantitative estimate of drug-likeness (QED) is 0.144. The molecule has 0 aliphatic heterocycles. The molecule has 0 aliphatic carbocycles. The van der Waals surface area contributed by atoms with Crippen molar-refractivity contribution < 1.29 is 0 Å². The van der Waals surface area contributed by atoms with Crippen LogP contribution in [0.5, 0.6) is 0 Å². The predicted molar refractivity (Wildman–Crippen MR) is 256 cm³/mol. The van der Waals surface area contributed by atoms with Gasteiger partial charge in [0.1, 0.15) is 0 Å². The molecule has 0 unspecified atom stereocenters. The molecule has 0 saturated heterocycles. The second kappa shape index (κ2) is 16.0. The minimum Gasteiger partial charge on any atom is -0.245 e. The Balaban J connectivity index is 0.956. The first-order chi connectivity index (χ1) is 30.7. The molecule has 11 aromatic rings. The van der Waals surface area contributed by atoms with Crippen molar-refractivity contribution in [2.24, 2.45) is 0 Å². The molecule has 0 radical (unpaired) electrons.